The molecule has 2 aromatic rings. The molecule has 2 rings (SSSR count). The standard InChI is InChI=1S/C14H19ClN4/c1-10(2)19-14(12(15)9-17-19)13(18-16)8-11-6-4-3-5-7-11/h3-7,9-10,13,18H,8,16H2,1-2H3. The van der Waals surface area contributed by atoms with Gasteiger partial charge < -0.3 is 0 Å². The summed E-state index contributed by atoms with van der Waals surface area (Å²) in [5, 5.41) is 4.96. The number of aromatic nitrogens is 2. The van der Waals surface area contributed by atoms with E-state index in [9.17, 15) is 0 Å². The summed E-state index contributed by atoms with van der Waals surface area (Å²) in [7, 11) is 0. The summed E-state index contributed by atoms with van der Waals surface area (Å²) in [6.45, 7) is 4.14. The molecular formula is C14H19ClN4. The molecule has 1 aromatic heterocycles. The van der Waals surface area contributed by atoms with Gasteiger partial charge in [0.15, 0.2) is 0 Å². The van der Waals surface area contributed by atoms with E-state index in [1.165, 1.54) is 5.56 Å². The molecule has 1 heterocycles. The summed E-state index contributed by atoms with van der Waals surface area (Å²) < 4.78 is 1.91. The van der Waals surface area contributed by atoms with Crippen LogP contribution in [0.15, 0.2) is 36.5 Å². The zero-order chi connectivity index (χ0) is 13.8. The highest BCUT2D eigenvalue weighted by Gasteiger charge is 2.21. The van der Waals surface area contributed by atoms with Crippen molar-refractivity contribution in [1.29, 1.82) is 0 Å². The maximum atomic E-state index is 6.25. The van der Waals surface area contributed by atoms with Gasteiger partial charge in [0, 0.05) is 6.04 Å². The molecule has 3 N–H and O–H groups in total. The Morgan fingerprint density at radius 1 is 1.32 bits per heavy atom. The van der Waals surface area contributed by atoms with Crippen LogP contribution in [0, 0.1) is 0 Å². The molecule has 0 aliphatic rings. The Bertz CT molecular complexity index is 521. The van der Waals surface area contributed by atoms with Crippen LogP contribution in [0.5, 0.6) is 0 Å². The van der Waals surface area contributed by atoms with Crippen LogP contribution in [0.4, 0.5) is 0 Å². The molecule has 0 saturated carbocycles. The van der Waals surface area contributed by atoms with Crippen molar-refractivity contribution in [3.63, 3.8) is 0 Å². The van der Waals surface area contributed by atoms with Gasteiger partial charge in [0.25, 0.3) is 0 Å². The van der Waals surface area contributed by atoms with E-state index in [0.29, 0.717) is 5.02 Å². The minimum Gasteiger partial charge on any atom is -0.271 e. The van der Waals surface area contributed by atoms with E-state index in [1.807, 2.05) is 22.9 Å². The smallest absolute Gasteiger partial charge is 0.0834 e. The van der Waals surface area contributed by atoms with Gasteiger partial charge in [-0.15, -0.1) is 0 Å². The molecule has 0 amide bonds. The lowest BCUT2D eigenvalue weighted by atomic mass is 10.0. The topological polar surface area (TPSA) is 55.9 Å². The van der Waals surface area contributed by atoms with Crippen molar-refractivity contribution in [2.45, 2.75) is 32.4 Å². The molecular weight excluding hydrogens is 260 g/mol. The molecule has 0 aliphatic heterocycles. The predicted octanol–water partition coefficient (Wildman–Crippen LogP) is 2.86. The zero-order valence-electron chi connectivity index (χ0n) is 11.2. The van der Waals surface area contributed by atoms with E-state index >= 15 is 0 Å². The summed E-state index contributed by atoms with van der Waals surface area (Å²) in [6, 6.07) is 10.4. The van der Waals surface area contributed by atoms with Gasteiger partial charge in [-0.1, -0.05) is 41.9 Å². The van der Waals surface area contributed by atoms with Gasteiger partial charge in [-0.3, -0.25) is 16.0 Å². The Morgan fingerprint density at radius 2 is 2.00 bits per heavy atom. The molecule has 5 heteroatoms. The minimum atomic E-state index is -0.0557. The minimum absolute atomic E-state index is 0.0557. The lowest BCUT2D eigenvalue weighted by molar-refractivity contribution is 0.448. The van der Waals surface area contributed by atoms with Gasteiger partial charge in [-0.05, 0) is 25.8 Å². The summed E-state index contributed by atoms with van der Waals surface area (Å²) in [4.78, 5) is 0. The van der Waals surface area contributed by atoms with E-state index in [0.717, 1.165) is 12.1 Å². The average Bonchev–Trinajstić information content (AvgIpc) is 2.79. The first-order valence-electron chi connectivity index (χ1n) is 6.36. The molecule has 0 radical (unpaired) electrons. The monoisotopic (exact) mass is 278 g/mol. The summed E-state index contributed by atoms with van der Waals surface area (Å²) >= 11 is 6.25. The molecule has 19 heavy (non-hydrogen) atoms. The molecule has 1 unspecified atom stereocenters. The Morgan fingerprint density at radius 3 is 2.58 bits per heavy atom. The molecule has 1 atom stereocenters. The Kier molecular flexibility index (Phi) is 4.58. The van der Waals surface area contributed by atoms with Crippen LogP contribution in [0.25, 0.3) is 0 Å². The van der Waals surface area contributed by atoms with Crippen LogP contribution in [-0.4, -0.2) is 9.78 Å². The number of rotatable bonds is 5. The number of halogens is 1. The van der Waals surface area contributed by atoms with Gasteiger partial charge in [0.1, 0.15) is 0 Å². The third kappa shape index (κ3) is 3.15. The van der Waals surface area contributed by atoms with Crippen molar-refractivity contribution in [3.05, 3.63) is 52.8 Å². The first-order chi connectivity index (χ1) is 9.13. The van der Waals surface area contributed by atoms with Crippen molar-refractivity contribution in [2.75, 3.05) is 0 Å². The Hall–Kier alpha value is -1.36. The number of nitrogens with zero attached hydrogens (tertiary/aromatic N) is 2. The van der Waals surface area contributed by atoms with Gasteiger partial charge in [-0.2, -0.15) is 5.10 Å². The average molecular weight is 279 g/mol. The summed E-state index contributed by atoms with van der Waals surface area (Å²) in [6.07, 6.45) is 2.45. The van der Waals surface area contributed by atoms with Gasteiger partial charge in [-0.25, -0.2) is 0 Å². The lowest BCUT2D eigenvalue weighted by Gasteiger charge is -2.20. The van der Waals surface area contributed by atoms with Crippen molar-refractivity contribution in [3.8, 4) is 0 Å². The van der Waals surface area contributed by atoms with E-state index in [4.69, 9.17) is 17.4 Å². The molecule has 0 aliphatic carbocycles. The van der Waals surface area contributed by atoms with Crippen LogP contribution in [0.3, 0.4) is 0 Å². The van der Waals surface area contributed by atoms with Crippen LogP contribution in [0.2, 0.25) is 5.02 Å². The highest BCUT2D eigenvalue weighted by molar-refractivity contribution is 6.31. The van der Waals surface area contributed by atoms with E-state index < -0.39 is 0 Å². The van der Waals surface area contributed by atoms with Gasteiger partial charge >= 0.3 is 0 Å². The molecule has 0 spiro atoms. The second-order valence-corrected chi connectivity index (χ2v) is 5.23. The second kappa shape index (κ2) is 6.19. The van der Waals surface area contributed by atoms with Crippen LogP contribution in [-0.2, 0) is 6.42 Å². The number of hydrogen-bond acceptors (Lipinski definition) is 3. The fraction of sp³-hybridized carbons (Fsp3) is 0.357. The van der Waals surface area contributed by atoms with E-state index in [1.54, 1.807) is 6.20 Å². The number of benzene rings is 1. The van der Waals surface area contributed by atoms with Crippen LogP contribution < -0.4 is 11.3 Å². The van der Waals surface area contributed by atoms with E-state index in [-0.39, 0.29) is 12.1 Å². The normalized spacial score (nSPS) is 12.9. The van der Waals surface area contributed by atoms with E-state index in [2.05, 4.69) is 36.5 Å². The summed E-state index contributed by atoms with van der Waals surface area (Å²) in [5.74, 6) is 5.70. The van der Waals surface area contributed by atoms with Gasteiger partial charge in [0.05, 0.1) is 23.0 Å². The fourth-order valence-corrected chi connectivity index (χ4v) is 2.43. The van der Waals surface area contributed by atoms with Crippen LogP contribution in [0.1, 0.15) is 37.2 Å². The first kappa shape index (κ1) is 14.1. The quantitative estimate of drug-likeness (QED) is 0.653. The van der Waals surface area contributed by atoms with Crippen molar-refractivity contribution in [2.24, 2.45) is 5.84 Å². The van der Waals surface area contributed by atoms with Crippen molar-refractivity contribution >= 4 is 11.6 Å². The molecule has 1 aromatic carbocycles. The summed E-state index contributed by atoms with van der Waals surface area (Å²) in [5.41, 5.74) is 4.98. The predicted molar refractivity (Wildman–Crippen MR) is 77.8 cm³/mol. The SMILES string of the molecule is CC(C)n1ncc(Cl)c1C(Cc1ccccc1)NN. The first-order valence-corrected chi connectivity index (χ1v) is 6.74. The Labute approximate surface area is 118 Å². The Balaban J connectivity index is 2.29. The molecule has 102 valence electrons. The van der Waals surface area contributed by atoms with Crippen molar-refractivity contribution in [1.82, 2.24) is 15.2 Å². The zero-order valence-corrected chi connectivity index (χ0v) is 11.9. The molecule has 0 fully saturated rings. The highest BCUT2D eigenvalue weighted by atomic mass is 35.5. The number of hydrazine groups is 1. The lowest BCUT2D eigenvalue weighted by Crippen LogP contribution is -2.32. The van der Waals surface area contributed by atoms with Crippen molar-refractivity contribution < 1.29 is 0 Å². The fourth-order valence-electron chi connectivity index (χ4n) is 2.17. The third-order valence-corrected chi connectivity index (χ3v) is 3.38. The third-order valence-electron chi connectivity index (χ3n) is 3.09. The maximum absolute atomic E-state index is 6.25. The van der Waals surface area contributed by atoms with Gasteiger partial charge in [0.2, 0.25) is 0 Å². The second-order valence-electron chi connectivity index (χ2n) is 4.83. The molecule has 4 nitrogen and oxygen atoms in total. The number of hydrogen-bond donors (Lipinski definition) is 2. The van der Waals surface area contributed by atoms with Crippen LogP contribution >= 0.6 is 11.6 Å². The largest absolute Gasteiger partial charge is 0.271 e. The number of nitrogens with one attached hydrogen (secondary N) is 1. The highest BCUT2D eigenvalue weighted by Crippen LogP contribution is 2.27. The number of nitrogens with two attached hydrogens (primary N) is 1. The maximum Gasteiger partial charge on any atom is 0.0834 e. The molecule has 0 saturated heterocycles. The molecule has 0 bridgehead atoms.